The van der Waals surface area contributed by atoms with E-state index in [1.54, 1.807) is 0 Å². The molecule has 0 saturated carbocycles. The standard InChI is InChI=1S/C4H7Cl3O/c1-4(6,7)3(8)2-5/h3,8H,2H2,1H3. The second kappa shape index (κ2) is 3.11. The van der Waals surface area contributed by atoms with Crippen molar-refractivity contribution in [2.45, 2.75) is 17.4 Å². The molecule has 0 fully saturated rings. The van der Waals surface area contributed by atoms with E-state index in [1.165, 1.54) is 6.92 Å². The summed E-state index contributed by atoms with van der Waals surface area (Å²) < 4.78 is -1.12. The maximum atomic E-state index is 8.80. The number of alkyl halides is 3. The van der Waals surface area contributed by atoms with Crippen molar-refractivity contribution in [1.82, 2.24) is 0 Å². The van der Waals surface area contributed by atoms with Gasteiger partial charge in [0.15, 0.2) is 0 Å². The van der Waals surface area contributed by atoms with Gasteiger partial charge in [0, 0.05) is 0 Å². The minimum absolute atomic E-state index is 0.0590. The summed E-state index contributed by atoms with van der Waals surface area (Å²) in [6, 6.07) is 0. The molecule has 1 atom stereocenters. The molecule has 0 bridgehead atoms. The lowest BCUT2D eigenvalue weighted by atomic mass is 10.3. The number of aliphatic hydroxyl groups excluding tert-OH is 1. The van der Waals surface area contributed by atoms with Gasteiger partial charge >= 0.3 is 0 Å². The summed E-state index contributed by atoms with van der Waals surface area (Å²) in [5.41, 5.74) is 0. The van der Waals surface area contributed by atoms with Gasteiger partial charge in [0.25, 0.3) is 0 Å². The van der Waals surface area contributed by atoms with Crippen molar-refractivity contribution < 1.29 is 5.11 Å². The van der Waals surface area contributed by atoms with Gasteiger partial charge in [-0.05, 0) is 6.92 Å². The van der Waals surface area contributed by atoms with Gasteiger partial charge < -0.3 is 5.11 Å². The summed E-state index contributed by atoms with van der Waals surface area (Å²) >= 11 is 16.0. The molecule has 0 saturated heterocycles. The zero-order chi connectivity index (χ0) is 6.78. The van der Waals surface area contributed by atoms with Crippen LogP contribution in [0.3, 0.4) is 0 Å². The molecule has 1 unspecified atom stereocenters. The highest BCUT2D eigenvalue weighted by molar-refractivity contribution is 6.48. The third kappa shape index (κ3) is 2.98. The van der Waals surface area contributed by atoms with Crippen molar-refractivity contribution in [1.29, 1.82) is 0 Å². The Morgan fingerprint density at radius 1 is 1.62 bits per heavy atom. The highest BCUT2D eigenvalue weighted by Gasteiger charge is 2.26. The number of rotatable bonds is 2. The first-order chi connectivity index (χ1) is 3.48. The van der Waals surface area contributed by atoms with Gasteiger partial charge in [0.2, 0.25) is 0 Å². The van der Waals surface area contributed by atoms with Crippen molar-refractivity contribution in [3.05, 3.63) is 0 Å². The fourth-order valence-electron chi connectivity index (χ4n) is 0.135. The molecule has 1 N–H and O–H groups in total. The van der Waals surface area contributed by atoms with Crippen molar-refractivity contribution in [2.75, 3.05) is 5.88 Å². The van der Waals surface area contributed by atoms with Gasteiger partial charge in [0.05, 0.1) is 5.88 Å². The van der Waals surface area contributed by atoms with Gasteiger partial charge in [-0.25, -0.2) is 0 Å². The second-order valence-corrected chi connectivity index (χ2v) is 3.70. The molecule has 0 aromatic rings. The summed E-state index contributed by atoms with van der Waals surface area (Å²) in [6.45, 7) is 1.49. The van der Waals surface area contributed by atoms with Gasteiger partial charge in [-0.15, -0.1) is 11.6 Å². The highest BCUT2D eigenvalue weighted by Crippen LogP contribution is 2.24. The lowest BCUT2D eigenvalue weighted by Crippen LogP contribution is -2.28. The Balaban J connectivity index is 3.62. The van der Waals surface area contributed by atoms with Gasteiger partial charge in [-0.3, -0.25) is 0 Å². The maximum absolute atomic E-state index is 8.80. The van der Waals surface area contributed by atoms with E-state index in [-0.39, 0.29) is 5.88 Å². The van der Waals surface area contributed by atoms with Gasteiger partial charge in [-0.1, -0.05) is 23.2 Å². The molecule has 0 heterocycles. The molecule has 0 aliphatic rings. The quantitative estimate of drug-likeness (QED) is 0.638. The van der Waals surface area contributed by atoms with Crippen LogP contribution in [0.25, 0.3) is 0 Å². The van der Waals surface area contributed by atoms with Crippen molar-refractivity contribution in [2.24, 2.45) is 0 Å². The molecular weight excluding hydrogens is 170 g/mol. The van der Waals surface area contributed by atoms with E-state index in [2.05, 4.69) is 0 Å². The van der Waals surface area contributed by atoms with Crippen LogP contribution in [-0.4, -0.2) is 21.4 Å². The normalized spacial score (nSPS) is 16.1. The molecule has 8 heavy (non-hydrogen) atoms. The van der Waals surface area contributed by atoms with E-state index in [4.69, 9.17) is 39.9 Å². The third-order valence-corrected chi connectivity index (χ3v) is 1.53. The molecule has 50 valence electrons. The zero-order valence-electron chi connectivity index (χ0n) is 4.37. The number of hydrogen-bond donors (Lipinski definition) is 1. The first-order valence-electron chi connectivity index (χ1n) is 2.10. The largest absolute Gasteiger partial charge is 0.389 e. The summed E-state index contributed by atoms with van der Waals surface area (Å²) in [5, 5.41) is 8.80. The summed E-state index contributed by atoms with van der Waals surface area (Å²) in [7, 11) is 0. The van der Waals surface area contributed by atoms with E-state index in [0.29, 0.717) is 0 Å². The van der Waals surface area contributed by atoms with Crippen LogP contribution in [0.5, 0.6) is 0 Å². The molecule has 1 nitrogen and oxygen atoms in total. The van der Waals surface area contributed by atoms with Crippen LogP contribution in [0, 0.1) is 0 Å². The van der Waals surface area contributed by atoms with E-state index in [9.17, 15) is 0 Å². The SMILES string of the molecule is CC(Cl)(Cl)C(O)CCl. The minimum atomic E-state index is -1.12. The lowest BCUT2D eigenvalue weighted by molar-refractivity contribution is 0.184. The Morgan fingerprint density at radius 3 is 2.00 bits per heavy atom. The fourth-order valence-corrected chi connectivity index (χ4v) is 0.756. The van der Waals surface area contributed by atoms with Crippen LogP contribution in [-0.2, 0) is 0 Å². The zero-order valence-corrected chi connectivity index (χ0v) is 6.63. The first kappa shape index (κ1) is 8.83. The van der Waals surface area contributed by atoms with E-state index >= 15 is 0 Å². The molecule has 0 aliphatic carbocycles. The Labute approximate surface area is 63.5 Å². The topological polar surface area (TPSA) is 20.2 Å². The molecule has 4 heteroatoms. The van der Waals surface area contributed by atoms with Crippen LogP contribution in [0.15, 0.2) is 0 Å². The average molecular weight is 177 g/mol. The highest BCUT2D eigenvalue weighted by atomic mass is 35.5. The monoisotopic (exact) mass is 176 g/mol. The van der Waals surface area contributed by atoms with E-state index < -0.39 is 10.4 Å². The Hall–Kier alpha value is 0.830. The number of hydrogen-bond acceptors (Lipinski definition) is 1. The molecule has 0 rings (SSSR count). The number of aliphatic hydroxyl groups is 1. The van der Waals surface area contributed by atoms with Gasteiger partial charge in [-0.2, -0.15) is 0 Å². The van der Waals surface area contributed by atoms with Gasteiger partial charge in [0.1, 0.15) is 10.4 Å². The lowest BCUT2D eigenvalue weighted by Gasteiger charge is -2.17. The van der Waals surface area contributed by atoms with Crippen LogP contribution in [0.2, 0.25) is 0 Å². The molecule has 0 aromatic heterocycles. The third-order valence-electron chi connectivity index (χ3n) is 0.731. The minimum Gasteiger partial charge on any atom is -0.389 e. The average Bonchev–Trinajstić information content (AvgIpc) is 1.62. The smallest absolute Gasteiger partial charge is 0.142 e. The van der Waals surface area contributed by atoms with Crippen LogP contribution in [0.1, 0.15) is 6.92 Å². The molecule has 0 radical (unpaired) electrons. The molecule has 0 aliphatic heterocycles. The maximum Gasteiger partial charge on any atom is 0.142 e. The van der Waals surface area contributed by atoms with E-state index in [1.807, 2.05) is 0 Å². The Morgan fingerprint density at radius 2 is 2.00 bits per heavy atom. The van der Waals surface area contributed by atoms with Crippen molar-refractivity contribution >= 4 is 34.8 Å². The van der Waals surface area contributed by atoms with Crippen molar-refractivity contribution in [3.63, 3.8) is 0 Å². The predicted molar refractivity (Wildman–Crippen MR) is 36.8 cm³/mol. The van der Waals surface area contributed by atoms with Crippen LogP contribution in [0.4, 0.5) is 0 Å². The van der Waals surface area contributed by atoms with E-state index in [0.717, 1.165) is 0 Å². The summed E-state index contributed by atoms with van der Waals surface area (Å²) in [6.07, 6.45) is -0.854. The Bertz CT molecular complexity index is 68.2. The van der Waals surface area contributed by atoms with Crippen molar-refractivity contribution in [3.8, 4) is 0 Å². The first-order valence-corrected chi connectivity index (χ1v) is 3.39. The molecule has 0 amide bonds. The van der Waals surface area contributed by atoms with Crippen LogP contribution < -0.4 is 0 Å². The summed E-state index contributed by atoms with van der Waals surface area (Å²) in [4.78, 5) is 0. The Kier molecular flexibility index (Phi) is 3.44. The predicted octanol–water partition coefficient (Wildman–Crippen LogP) is 1.78. The number of halogens is 3. The molecular formula is C4H7Cl3O. The summed E-state index contributed by atoms with van der Waals surface area (Å²) in [5.74, 6) is 0.0590. The second-order valence-electron chi connectivity index (χ2n) is 1.63. The molecule has 0 spiro atoms. The van der Waals surface area contributed by atoms with Crippen LogP contribution >= 0.6 is 34.8 Å². The fraction of sp³-hybridized carbons (Fsp3) is 1.00. The molecule has 0 aromatic carbocycles.